The molecular formula is C23H29Cl2N6O2+. The minimum atomic E-state index is -0.545. The van der Waals surface area contributed by atoms with Crippen LogP contribution < -0.4 is 4.90 Å². The van der Waals surface area contributed by atoms with Crippen molar-refractivity contribution in [3.8, 4) is 0 Å². The number of likely N-dealkylation sites (N-methyl/N-ethyl adjacent to an activating group) is 1. The van der Waals surface area contributed by atoms with Crippen LogP contribution in [-0.4, -0.2) is 73.2 Å². The molecule has 0 atom stereocenters. The van der Waals surface area contributed by atoms with Crippen LogP contribution in [0.3, 0.4) is 0 Å². The highest BCUT2D eigenvalue weighted by Crippen LogP contribution is 2.38. The fraction of sp³-hybridized carbons (Fsp3) is 0.478. The van der Waals surface area contributed by atoms with Gasteiger partial charge < -0.3 is 9.38 Å². The van der Waals surface area contributed by atoms with E-state index in [0.29, 0.717) is 5.69 Å². The van der Waals surface area contributed by atoms with Crippen molar-refractivity contribution in [3.05, 3.63) is 56.1 Å². The van der Waals surface area contributed by atoms with E-state index in [1.165, 1.54) is 68.1 Å². The van der Waals surface area contributed by atoms with Crippen molar-refractivity contribution in [2.24, 2.45) is 10.2 Å². The summed E-state index contributed by atoms with van der Waals surface area (Å²) in [5.74, 6) is 0. The number of nitro benzene ring substituents is 1. The molecule has 2 aromatic carbocycles. The number of piperazine rings is 3. The molecule has 8 nitrogen and oxygen atoms in total. The van der Waals surface area contributed by atoms with Crippen LogP contribution in [0, 0.1) is 17.0 Å². The van der Waals surface area contributed by atoms with Crippen molar-refractivity contribution in [2.45, 2.75) is 13.8 Å². The molecule has 3 aliphatic rings. The number of nitro groups is 1. The van der Waals surface area contributed by atoms with E-state index in [2.05, 4.69) is 39.1 Å². The van der Waals surface area contributed by atoms with E-state index in [4.69, 9.17) is 23.2 Å². The molecular weight excluding hydrogens is 463 g/mol. The number of halogens is 2. The van der Waals surface area contributed by atoms with Gasteiger partial charge in [0.1, 0.15) is 5.69 Å². The molecule has 10 heteroatoms. The lowest BCUT2D eigenvalue weighted by Crippen LogP contribution is -2.68. The lowest BCUT2D eigenvalue weighted by Gasteiger charge is -2.51. The molecule has 33 heavy (non-hydrogen) atoms. The number of fused-ring (bicyclic) bond motifs is 3. The zero-order valence-corrected chi connectivity index (χ0v) is 20.5. The molecule has 0 amide bonds. The number of rotatable bonds is 8. The third-order valence-electron chi connectivity index (χ3n) is 6.91. The topological polar surface area (TPSA) is 74.3 Å². The van der Waals surface area contributed by atoms with Crippen LogP contribution in [0.4, 0.5) is 22.7 Å². The Bertz CT molecular complexity index is 1030. The van der Waals surface area contributed by atoms with Crippen molar-refractivity contribution < 1.29 is 9.41 Å². The molecule has 3 saturated heterocycles. The maximum absolute atomic E-state index is 11.0. The third kappa shape index (κ3) is 5.30. The first kappa shape index (κ1) is 23.9. The average Bonchev–Trinajstić information content (AvgIpc) is 2.81. The second-order valence-electron chi connectivity index (χ2n) is 8.84. The fourth-order valence-electron chi connectivity index (χ4n) is 4.68. The standard InChI is InChI=1S/C23H29Cl2N6O2/c1-3-29(9-13-31-10-6-28(7-11-31)8-12-31)18-4-5-22(17(2)14-18)26-27-23-20(24)15-19(30(32)33)16-21(23)25/h4-5,14-16H,3,6-13H2,1-2H3/q+1/b27-26+. The predicted octanol–water partition coefficient (Wildman–Crippen LogP) is 5.60. The van der Waals surface area contributed by atoms with E-state index in [1.807, 2.05) is 13.0 Å². The van der Waals surface area contributed by atoms with Gasteiger partial charge >= 0.3 is 0 Å². The Morgan fingerprint density at radius 3 is 2.27 bits per heavy atom. The summed E-state index contributed by atoms with van der Waals surface area (Å²) >= 11 is 12.3. The summed E-state index contributed by atoms with van der Waals surface area (Å²) in [6, 6.07) is 8.59. The molecule has 3 aliphatic heterocycles. The molecule has 5 rings (SSSR count). The van der Waals surface area contributed by atoms with Crippen LogP contribution in [0.15, 0.2) is 40.6 Å². The molecule has 0 unspecified atom stereocenters. The molecule has 2 bridgehead atoms. The van der Waals surface area contributed by atoms with Gasteiger partial charge in [-0.1, -0.05) is 23.2 Å². The van der Waals surface area contributed by atoms with Crippen LogP contribution in [-0.2, 0) is 0 Å². The molecule has 3 heterocycles. The van der Waals surface area contributed by atoms with Crippen molar-refractivity contribution in [3.63, 3.8) is 0 Å². The normalized spacial score (nSPS) is 22.1. The van der Waals surface area contributed by atoms with Gasteiger partial charge in [-0.3, -0.25) is 15.0 Å². The number of hydrogen-bond donors (Lipinski definition) is 0. The first-order valence-electron chi connectivity index (χ1n) is 11.3. The number of non-ortho nitro benzene ring substituents is 1. The quantitative estimate of drug-likeness (QED) is 0.208. The summed E-state index contributed by atoms with van der Waals surface area (Å²) in [5.41, 5.74) is 2.91. The Balaban J connectivity index is 1.46. The van der Waals surface area contributed by atoms with Gasteiger partial charge in [0, 0.05) is 44.0 Å². The second-order valence-corrected chi connectivity index (χ2v) is 9.66. The molecule has 0 aliphatic carbocycles. The second kappa shape index (κ2) is 9.93. The van der Waals surface area contributed by atoms with E-state index in [-0.39, 0.29) is 21.4 Å². The lowest BCUT2D eigenvalue weighted by atomic mass is 10.1. The van der Waals surface area contributed by atoms with Crippen LogP contribution in [0.5, 0.6) is 0 Å². The largest absolute Gasteiger partial charge is 0.366 e. The van der Waals surface area contributed by atoms with Crippen molar-refractivity contribution in [1.82, 2.24) is 4.90 Å². The van der Waals surface area contributed by atoms with Gasteiger partial charge in [0.2, 0.25) is 0 Å². The smallest absolute Gasteiger partial charge is 0.272 e. The average molecular weight is 492 g/mol. The van der Waals surface area contributed by atoms with Gasteiger partial charge in [0.05, 0.1) is 53.4 Å². The number of quaternary nitrogens is 1. The van der Waals surface area contributed by atoms with Crippen LogP contribution in [0.1, 0.15) is 12.5 Å². The van der Waals surface area contributed by atoms with Crippen LogP contribution in [0.25, 0.3) is 0 Å². The lowest BCUT2D eigenvalue weighted by molar-refractivity contribution is -0.939. The summed E-state index contributed by atoms with van der Waals surface area (Å²) in [6.07, 6.45) is 0. The van der Waals surface area contributed by atoms with E-state index in [0.717, 1.165) is 18.7 Å². The van der Waals surface area contributed by atoms with Gasteiger partial charge in [-0.05, 0) is 37.6 Å². The number of benzene rings is 2. The molecule has 176 valence electrons. The molecule has 3 fully saturated rings. The molecule has 0 spiro atoms. The highest BCUT2D eigenvalue weighted by atomic mass is 35.5. The Hall–Kier alpha value is -2.26. The fourth-order valence-corrected chi connectivity index (χ4v) is 5.23. The van der Waals surface area contributed by atoms with Crippen molar-refractivity contribution >= 4 is 46.0 Å². The Kier molecular flexibility index (Phi) is 7.19. The van der Waals surface area contributed by atoms with Crippen LogP contribution in [0.2, 0.25) is 10.0 Å². The Morgan fingerprint density at radius 1 is 1.09 bits per heavy atom. The highest BCUT2D eigenvalue weighted by Gasteiger charge is 2.38. The summed E-state index contributed by atoms with van der Waals surface area (Å²) in [7, 11) is 0. The SMILES string of the molecule is CCN(CC[N+]12CCN(CC1)CC2)c1ccc(/N=N/c2c(Cl)cc([N+](=O)[O-])cc2Cl)c(C)c1. The van der Waals surface area contributed by atoms with Gasteiger partial charge in [-0.25, -0.2) is 0 Å². The van der Waals surface area contributed by atoms with Crippen molar-refractivity contribution in [1.29, 1.82) is 0 Å². The van der Waals surface area contributed by atoms with E-state index in [1.54, 1.807) is 0 Å². The predicted molar refractivity (Wildman–Crippen MR) is 133 cm³/mol. The number of nitrogens with zero attached hydrogens (tertiary/aromatic N) is 6. The monoisotopic (exact) mass is 491 g/mol. The minimum Gasteiger partial charge on any atom is -0.366 e. The summed E-state index contributed by atoms with van der Waals surface area (Å²) in [6.45, 7) is 14.8. The maximum Gasteiger partial charge on any atom is 0.272 e. The summed E-state index contributed by atoms with van der Waals surface area (Å²) < 4.78 is 1.25. The number of anilines is 1. The number of hydrogen-bond acceptors (Lipinski definition) is 6. The number of aryl methyl sites for hydroxylation is 1. The first-order chi connectivity index (χ1) is 15.8. The minimum absolute atomic E-state index is 0.0930. The van der Waals surface area contributed by atoms with Crippen LogP contribution >= 0.6 is 23.2 Å². The molecule has 0 aromatic heterocycles. The van der Waals surface area contributed by atoms with Gasteiger partial charge in [-0.2, -0.15) is 5.11 Å². The zero-order chi connectivity index (χ0) is 23.6. The third-order valence-corrected chi connectivity index (χ3v) is 7.49. The molecule has 2 aromatic rings. The maximum atomic E-state index is 11.0. The summed E-state index contributed by atoms with van der Waals surface area (Å²) in [5, 5.41) is 19.6. The molecule has 0 radical (unpaired) electrons. The Morgan fingerprint density at radius 2 is 1.73 bits per heavy atom. The zero-order valence-electron chi connectivity index (χ0n) is 19.0. The summed E-state index contributed by atoms with van der Waals surface area (Å²) in [4.78, 5) is 15.4. The van der Waals surface area contributed by atoms with E-state index >= 15 is 0 Å². The van der Waals surface area contributed by atoms with E-state index in [9.17, 15) is 10.1 Å². The van der Waals surface area contributed by atoms with Gasteiger partial charge in [0.25, 0.3) is 5.69 Å². The first-order valence-corrected chi connectivity index (χ1v) is 12.0. The van der Waals surface area contributed by atoms with Gasteiger partial charge in [0.15, 0.2) is 0 Å². The number of azo groups is 1. The highest BCUT2D eigenvalue weighted by molar-refractivity contribution is 6.39. The molecule has 0 saturated carbocycles. The molecule has 0 N–H and O–H groups in total. The van der Waals surface area contributed by atoms with Gasteiger partial charge in [-0.15, -0.1) is 5.11 Å². The van der Waals surface area contributed by atoms with E-state index < -0.39 is 4.92 Å². The van der Waals surface area contributed by atoms with Crippen molar-refractivity contribution in [2.75, 3.05) is 63.8 Å². The Labute approximate surface area is 204 Å².